The van der Waals surface area contributed by atoms with Crippen molar-refractivity contribution in [2.75, 3.05) is 32.8 Å². The molecule has 1 atom stereocenters. The summed E-state index contributed by atoms with van der Waals surface area (Å²) in [5.74, 6) is 0.0203. The Morgan fingerprint density at radius 1 is 1.18 bits per heavy atom. The largest absolute Gasteiger partial charge is 0.380 e. The van der Waals surface area contributed by atoms with Gasteiger partial charge in [-0.2, -0.15) is 0 Å². The molecule has 1 aliphatic rings. The van der Waals surface area contributed by atoms with E-state index in [1.165, 1.54) is 5.56 Å². The molecule has 1 aliphatic heterocycles. The van der Waals surface area contributed by atoms with Crippen LogP contribution in [0.15, 0.2) is 30.3 Å². The maximum atomic E-state index is 12.4. The lowest BCUT2D eigenvalue weighted by Crippen LogP contribution is -2.59. The second-order valence-electron chi connectivity index (χ2n) is 5.46. The highest BCUT2D eigenvalue weighted by Crippen LogP contribution is 2.13. The van der Waals surface area contributed by atoms with Crippen molar-refractivity contribution >= 4 is 11.8 Å². The van der Waals surface area contributed by atoms with E-state index < -0.39 is 6.04 Å². The predicted molar refractivity (Wildman–Crippen MR) is 84.4 cm³/mol. The van der Waals surface area contributed by atoms with Gasteiger partial charge in [0, 0.05) is 19.7 Å². The monoisotopic (exact) mass is 304 g/mol. The molecule has 0 spiro atoms. The zero-order chi connectivity index (χ0) is 15.9. The predicted octanol–water partition coefficient (Wildman–Crippen LogP) is 1.32. The SMILES string of the molecule is CCOCCN1C(=O)CN(CCc2ccccc2)C(=O)[C@@H]1C. The minimum atomic E-state index is -0.405. The third kappa shape index (κ3) is 4.07. The van der Waals surface area contributed by atoms with Crippen molar-refractivity contribution in [1.29, 1.82) is 0 Å². The van der Waals surface area contributed by atoms with E-state index in [1.54, 1.807) is 16.7 Å². The first-order valence-corrected chi connectivity index (χ1v) is 7.83. The summed E-state index contributed by atoms with van der Waals surface area (Å²) in [5, 5.41) is 0. The van der Waals surface area contributed by atoms with Crippen LogP contribution in [-0.2, 0) is 20.7 Å². The van der Waals surface area contributed by atoms with E-state index in [2.05, 4.69) is 0 Å². The lowest BCUT2D eigenvalue weighted by atomic mass is 10.1. The number of hydrogen-bond donors (Lipinski definition) is 0. The number of amides is 2. The van der Waals surface area contributed by atoms with Crippen LogP contribution >= 0.6 is 0 Å². The maximum Gasteiger partial charge on any atom is 0.245 e. The molecule has 0 aromatic heterocycles. The summed E-state index contributed by atoms with van der Waals surface area (Å²) in [7, 11) is 0. The van der Waals surface area contributed by atoms with Gasteiger partial charge in [0.1, 0.15) is 6.04 Å². The molecule has 120 valence electrons. The summed E-state index contributed by atoms with van der Waals surface area (Å²) in [6, 6.07) is 9.60. The van der Waals surface area contributed by atoms with Gasteiger partial charge in [0.15, 0.2) is 0 Å². The van der Waals surface area contributed by atoms with E-state index in [1.807, 2.05) is 37.3 Å². The molecule has 1 saturated heterocycles. The highest BCUT2D eigenvalue weighted by Gasteiger charge is 2.35. The number of piperazine rings is 1. The van der Waals surface area contributed by atoms with Gasteiger partial charge in [-0.1, -0.05) is 30.3 Å². The van der Waals surface area contributed by atoms with Crippen LogP contribution in [-0.4, -0.2) is 60.5 Å². The van der Waals surface area contributed by atoms with Gasteiger partial charge in [0.2, 0.25) is 11.8 Å². The number of nitrogens with zero attached hydrogens (tertiary/aromatic N) is 2. The summed E-state index contributed by atoms with van der Waals surface area (Å²) in [6.07, 6.45) is 0.769. The molecule has 5 nitrogen and oxygen atoms in total. The Morgan fingerprint density at radius 3 is 2.59 bits per heavy atom. The van der Waals surface area contributed by atoms with Gasteiger partial charge in [-0.05, 0) is 25.8 Å². The fourth-order valence-corrected chi connectivity index (χ4v) is 2.67. The number of hydrogen-bond acceptors (Lipinski definition) is 3. The third-order valence-electron chi connectivity index (χ3n) is 3.98. The Kier molecular flexibility index (Phi) is 5.95. The second-order valence-corrected chi connectivity index (χ2v) is 5.46. The van der Waals surface area contributed by atoms with Gasteiger partial charge in [-0.15, -0.1) is 0 Å². The smallest absolute Gasteiger partial charge is 0.245 e. The van der Waals surface area contributed by atoms with Crippen LogP contribution in [0.5, 0.6) is 0 Å². The van der Waals surface area contributed by atoms with Crippen molar-refractivity contribution in [3.63, 3.8) is 0 Å². The van der Waals surface area contributed by atoms with Gasteiger partial charge >= 0.3 is 0 Å². The average Bonchev–Trinajstić information content (AvgIpc) is 2.54. The van der Waals surface area contributed by atoms with Crippen LogP contribution in [0.25, 0.3) is 0 Å². The molecule has 1 aromatic carbocycles. The quantitative estimate of drug-likeness (QED) is 0.714. The van der Waals surface area contributed by atoms with Crippen molar-refractivity contribution < 1.29 is 14.3 Å². The third-order valence-corrected chi connectivity index (χ3v) is 3.98. The first-order valence-electron chi connectivity index (χ1n) is 7.83. The lowest BCUT2D eigenvalue weighted by Gasteiger charge is -2.38. The number of rotatable bonds is 7. The normalized spacial score (nSPS) is 18.9. The Labute approximate surface area is 131 Å². The number of carbonyl (C=O) groups excluding carboxylic acids is 2. The molecule has 0 saturated carbocycles. The van der Waals surface area contributed by atoms with Crippen LogP contribution in [0.4, 0.5) is 0 Å². The molecule has 1 aromatic rings. The molecule has 0 unspecified atom stereocenters. The van der Waals surface area contributed by atoms with E-state index in [0.717, 1.165) is 6.42 Å². The van der Waals surface area contributed by atoms with Gasteiger partial charge < -0.3 is 14.5 Å². The minimum absolute atomic E-state index is 0.000125. The van der Waals surface area contributed by atoms with Crippen LogP contribution < -0.4 is 0 Å². The molecule has 0 aliphatic carbocycles. The molecule has 22 heavy (non-hydrogen) atoms. The molecule has 0 radical (unpaired) electrons. The zero-order valence-corrected chi connectivity index (χ0v) is 13.3. The molecule has 1 heterocycles. The number of ether oxygens (including phenoxy) is 1. The summed E-state index contributed by atoms with van der Waals surface area (Å²) in [4.78, 5) is 28.0. The molecule has 5 heteroatoms. The lowest BCUT2D eigenvalue weighted by molar-refractivity contribution is -0.155. The molecule has 2 amide bonds. The van der Waals surface area contributed by atoms with Gasteiger partial charge in [0.05, 0.1) is 13.2 Å². The van der Waals surface area contributed by atoms with Crippen LogP contribution in [0.1, 0.15) is 19.4 Å². The Hall–Kier alpha value is -1.88. The van der Waals surface area contributed by atoms with Crippen LogP contribution in [0.2, 0.25) is 0 Å². The van der Waals surface area contributed by atoms with Crippen molar-refractivity contribution in [2.24, 2.45) is 0 Å². The molecule has 0 N–H and O–H groups in total. The average molecular weight is 304 g/mol. The summed E-state index contributed by atoms with van der Waals surface area (Å²) in [5.41, 5.74) is 1.18. The standard InChI is InChI=1S/C17H24N2O3/c1-3-22-12-11-19-14(2)17(21)18(13-16(19)20)10-9-15-7-5-4-6-8-15/h4-8,14H,3,9-13H2,1-2H3/t14-/m0/s1. The van der Waals surface area contributed by atoms with E-state index in [9.17, 15) is 9.59 Å². The highest BCUT2D eigenvalue weighted by atomic mass is 16.5. The zero-order valence-electron chi connectivity index (χ0n) is 13.3. The van der Waals surface area contributed by atoms with Crippen LogP contribution in [0.3, 0.4) is 0 Å². The summed E-state index contributed by atoms with van der Waals surface area (Å²) >= 11 is 0. The maximum absolute atomic E-state index is 12.4. The molecule has 2 rings (SSSR count). The Morgan fingerprint density at radius 2 is 1.91 bits per heavy atom. The van der Waals surface area contributed by atoms with E-state index in [4.69, 9.17) is 4.74 Å². The number of carbonyl (C=O) groups is 2. The van der Waals surface area contributed by atoms with E-state index in [-0.39, 0.29) is 18.4 Å². The second kappa shape index (κ2) is 7.94. The van der Waals surface area contributed by atoms with Gasteiger partial charge in [-0.25, -0.2) is 0 Å². The topological polar surface area (TPSA) is 49.9 Å². The highest BCUT2D eigenvalue weighted by molar-refractivity contribution is 5.94. The summed E-state index contributed by atoms with van der Waals surface area (Å²) in [6.45, 7) is 6.03. The molecule has 0 bridgehead atoms. The fourth-order valence-electron chi connectivity index (χ4n) is 2.67. The molecular formula is C17H24N2O3. The van der Waals surface area contributed by atoms with Gasteiger partial charge in [-0.3, -0.25) is 9.59 Å². The first-order chi connectivity index (χ1) is 10.6. The first kappa shape index (κ1) is 16.5. The Balaban J connectivity index is 1.90. The van der Waals surface area contributed by atoms with E-state index >= 15 is 0 Å². The molecular weight excluding hydrogens is 280 g/mol. The fraction of sp³-hybridized carbons (Fsp3) is 0.529. The molecule has 1 fully saturated rings. The summed E-state index contributed by atoms with van der Waals surface area (Å²) < 4.78 is 5.28. The van der Waals surface area contributed by atoms with Gasteiger partial charge in [0.25, 0.3) is 0 Å². The van der Waals surface area contributed by atoms with Crippen molar-refractivity contribution in [1.82, 2.24) is 9.80 Å². The number of benzene rings is 1. The minimum Gasteiger partial charge on any atom is -0.380 e. The van der Waals surface area contributed by atoms with Crippen LogP contribution in [0, 0.1) is 0 Å². The van der Waals surface area contributed by atoms with E-state index in [0.29, 0.717) is 26.3 Å². The van der Waals surface area contributed by atoms with Crippen molar-refractivity contribution in [3.8, 4) is 0 Å². The van der Waals surface area contributed by atoms with Crippen molar-refractivity contribution in [2.45, 2.75) is 26.3 Å². The van der Waals surface area contributed by atoms with Crippen molar-refractivity contribution in [3.05, 3.63) is 35.9 Å². The Bertz CT molecular complexity index is 504.